The molecular formula is C21H30O2. The Kier molecular flexibility index (Phi) is 6.91. The third-order valence-corrected chi connectivity index (χ3v) is 4.53. The molecule has 1 saturated heterocycles. The van der Waals surface area contributed by atoms with Crippen molar-refractivity contribution >= 4 is 10.8 Å². The summed E-state index contributed by atoms with van der Waals surface area (Å²) in [5.41, 5.74) is 1.31. The maximum absolute atomic E-state index is 9.94. The first-order chi connectivity index (χ1) is 11.3. The topological polar surface area (TPSA) is 29.5 Å². The number of hydrogen-bond acceptors (Lipinski definition) is 2. The highest BCUT2D eigenvalue weighted by atomic mass is 16.5. The number of phenols is 1. The predicted octanol–water partition coefficient (Wildman–Crippen LogP) is 5.85. The first-order valence-electron chi connectivity index (χ1n) is 9.13. The van der Waals surface area contributed by atoms with Crippen molar-refractivity contribution in [2.24, 2.45) is 0 Å². The highest BCUT2D eigenvalue weighted by Crippen LogP contribution is 2.30. The minimum atomic E-state index is 0.370. The Morgan fingerprint density at radius 2 is 1.61 bits per heavy atom. The zero-order valence-electron chi connectivity index (χ0n) is 14.7. The van der Waals surface area contributed by atoms with E-state index >= 15 is 0 Å². The van der Waals surface area contributed by atoms with Crippen LogP contribution >= 0.6 is 0 Å². The third-order valence-electron chi connectivity index (χ3n) is 4.53. The molecule has 0 amide bonds. The van der Waals surface area contributed by atoms with Gasteiger partial charge in [-0.1, -0.05) is 57.5 Å². The summed E-state index contributed by atoms with van der Waals surface area (Å²) < 4.78 is 6.11. The number of phenolic OH excluding ortho intramolecular Hbond substituents is 1. The molecule has 2 aromatic carbocycles. The molecule has 0 bridgehead atoms. The summed E-state index contributed by atoms with van der Waals surface area (Å²) in [6.45, 7) is 6.22. The Labute approximate surface area is 140 Å². The first kappa shape index (κ1) is 17.8. The highest BCUT2D eigenvalue weighted by molar-refractivity contribution is 5.90. The third kappa shape index (κ3) is 4.48. The van der Waals surface area contributed by atoms with Crippen LogP contribution in [0.3, 0.4) is 0 Å². The quantitative estimate of drug-likeness (QED) is 0.750. The van der Waals surface area contributed by atoms with Gasteiger partial charge in [0.1, 0.15) is 5.75 Å². The van der Waals surface area contributed by atoms with Crippen LogP contribution in [-0.4, -0.2) is 17.3 Å². The largest absolute Gasteiger partial charge is 0.507 e. The fourth-order valence-electron chi connectivity index (χ4n) is 3.41. The van der Waals surface area contributed by atoms with E-state index in [1.807, 2.05) is 38.1 Å². The van der Waals surface area contributed by atoms with Gasteiger partial charge in [0.05, 0.1) is 12.2 Å². The van der Waals surface area contributed by atoms with Gasteiger partial charge in [0.2, 0.25) is 0 Å². The molecule has 2 nitrogen and oxygen atoms in total. The minimum absolute atomic E-state index is 0.370. The number of fused-ring (bicyclic) bond motifs is 1. The van der Waals surface area contributed by atoms with E-state index in [0.29, 0.717) is 18.0 Å². The lowest BCUT2D eigenvalue weighted by molar-refractivity contribution is 0.0361. The monoisotopic (exact) mass is 314 g/mol. The summed E-state index contributed by atoms with van der Waals surface area (Å²) in [5.74, 6) is 0.370. The molecular weight excluding hydrogens is 284 g/mol. The molecule has 2 heteroatoms. The summed E-state index contributed by atoms with van der Waals surface area (Å²) in [7, 11) is 0. The maximum Gasteiger partial charge on any atom is 0.123 e. The van der Waals surface area contributed by atoms with E-state index in [9.17, 15) is 5.11 Å². The lowest BCUT2D eigenvalue weighted by Gasteiger charge is -2.14. The van der Waals surface area contributed by atoms with Crippen molar-refractivity contribution in [1.82, 2.24) is 0 Å². The smallest absolute Gasteiger partial charge is 0.123 e. The molecule has 1 N–H and O–H groups in total. The fraction of sp³-hybridized carbons (Fsp3) is 0.524. The van der Waals surface area contributed by atoms with Gasteiger partial charge in [0, 0.05) is 5.39 Å². The van der Waals surface area contributed by atoms with Crippen molar-refractivity contribution in [3.05, 3.63) is 42.0 Å². The van der Waals surface area contributed by atoms with Crippen LogP contribution in [-0.2, 0) is 11.2 Å². The Morgan fingerprint density at radius 3 is 2.30 bits per heavy atom. The van der Waals surface area contributed by atoms with Crippen LogP contribution in [0.1, 0.15) is 58.4 Å². The number of hydrogen-bond donors (Lipinski definition) is 1. The summed E-state index contributed by atoms with van der Waals surface area (Å²) in [4.78, 5) is 0. The molecule has 0 spiro atoms. The van der Waals surface area contributed by atoms with Gasteiger partial charge in [-0.2, -0.15) is 0 Å². The molecule has 126 valence electrons. The van der Waals surface area contributed by atoms with Gasteiger partial charge < -0.3 is 9.84 Å². The zero-order valence-corrected chi connectivity index (χ0v) is 14.7. The van der Waals surface area contributed by atoms with Gasteiger partial charge >= 0.3 is 0 Å². The summed E-state index contributed by atoms with van der Waals surface area (Å²) in [6.07, 6.45) is 7.80. The predicted molar refractivity (Wildman–Crippen MR) is 98.1 cm³/mol. The van der Waals surface area contributed by atoms with E-state index in [2.05, 4.69) is 19.1 Å². The van der Waals surface area contributed by atoms with Crippen molar-refractivity contribution < 1.29 is 9.84 Å². The van der Waals surface area contributed by atoms with E-state index in [1.54, 1.807) is 0 Å². The number of rotatable bonds is 5. The number of ether oxygens (including phenoxy) is 1. The molecule has 0 aromatic heterocycles. The second-order valence-corrected chi connectivity index (χ2v) is 6.07. The van der Waals surface area contributed by atoms with Crippen molar-refractivity contribution in [1.29, 1.82) is 0 Å². The Morgan fingerprint density at radius 1 is 0.957 bits per heavy atom. The van der Waals surface area contributed by atoms with Crippen molar-refractivity contribution in [2.45, 2.75) is 71.5 Å². The van der Waals surface area contributed by atoms with Crippen LogP contribution in [0.4, 0.5) is 0 Å². The average molecular weight is 314 g/mol. The second-order valence-electron chi connectivity index (χ2n) is 6.07. The summed E-state index contributed by atoms with van der Waals surface area (Å²) >= 11 is 0. The van der Waals surface area contributed by atoms with E-state index < -0.39 is 0 Å². The Bertz CT molecular complexity index is 606. The standard InChI is InChI=1S/C19H24O2.C2H6/c1-2-5-15-11-12-16(21-15)10-8-14-9-13-19(20)18-7-4-3-6-17(14)18;1-2/h3-4,6-7,9,13,15-16,20H,2,5,8,10-12H2,1H3;1-2H3. The molecule has 2 atom stereocenters. The molecule has 0 saturated carbocycles. The van der Waals surface area contributed by atoms with Crippen LogP contribution in [0, 0.1) is 0 Å². The zero-order chi connectivity index (χ0) is 16.7. The number of aromatic hydroxyl groups is 1. The minimum Gasteiger partial charge on any atom is -0.507 e. The van der Waals surface area contributed by atoms with Crippen LogP contribution in [0.5, 0.6) is 5.75 Å². The molecule has 1 aliphatic rings. The molecule has 1 aliphatic heterocycles. The Balaban J connectivity index is 0.000000924. The SMILES string of the molecule is CC.CCCC1CCC(CCc2ccc(O)c3ccccc23)O1. The summed E-state index contributed by atoms with van der Waals surface area (Å²) in [5, 5.41) is 12.1. The first-order valence-corrected chi connectivity index (χ1v) is 9.13. The van der Waals surface area contributed by atoms with Gasteiger partial charge in [-0.05, 0) is 49.1 Å². The lowest BCUT2D eigenvalue weighted by Crippen LogP contribution is -2.11. The van der Waals surface area contributed by atoms with E-state index in [4.69, 9.17) is 4.74 Å². The average Bonchev–Trinajstić information content (AvgIpc) is 3.04. The fourth-order valence-corrected chi connectivity index (χ4v) is 3.41. The van der Waals surface area contributed by atoms with Crippen molar-refractivity contribution in [2.75, 3.05) is 0 Å². The summed E-state index contributed by atoms with van der Waals surface area (Å²) in [6, 6.07) is 12.0. The van der Waals surface area contributed by atoms with Crippen molar-refractivity contribution in [3.63, 3.8) is 0 Å². The Hall–Kier alpha value is -1.54. The molecule has 1 fully saturated rings. The maximum atomic E-state index is 9.94. The van der Waals surface area contributed by atoms with Crippen LogP contribution in [0.25, 0.3) is 10.8 Å². The van der Waals surface area contributed by atoms with Gasteiger partial charge in [-0.25, -0.2) is 0 Å². The van der Waals surface area contributed by atoms with Crippen molar-refractivity contribution in [3.8, 4) is 5.75 Å². The molecule has 0 radical (unpaired) electrons. The molecule has 2 aromatic rings. The van der Waals surface area contributed by atoms with Gasteiger partial charge in [0.25, 0.3) is 0 Å². The van der Waals surface area contributed by atoms with Gasteiger partial charge in [-0.3, -0.25) is 0 Å². The number of benzene rings is 2. The molecule has 1 heterocycles. The molecule has 2 unspecified atom stereocenters. The van der Waals surface area contributed by atoms with Gasteiger partial charge in [-0.15, -0.1) is 0 Å². The molecule has 0 aliphatic carbocycles. The van der Waals surface area contributed by atoms with Crippen LogP contribution in [0.15, 0.2) is 36.4 Å². The van der Waals surface area contributed by atoms with E-state index in [0.717, 1.165) is 18.2 Å². The molecule has 3 rings (SSSR count). The lowest BCUT2D eigenvalue weighted by atomic mass is 9.98. The molecule has 23 heavy (non-hydrogen) atoms. The van der Waals surface area contributed by atoms with Crippen LogP contribution in [0.2, 0.25) is 0 Å². The van der Waals surface area contributed by atoms with Crippen LogP contribution < -0.4 is 0 Å². The van der Waals surface area contributed by atoms with Gasteiger partial charge in [0.15, 0.2) is 0 Å². The van der Waals surface area contributed by atoms with E-state index in [1.165, 1.54) is 36.6 Å². The number of aryl methyl sites for hydroxylation is 1. The normalized spacial score (nSPS) is 20.3. The second kappa shape index (κ2) is 8.93. The van der Waals surface area contributed by atoms with E-state index in [-0.39, 0.29) is 0 Å². The highest BCUT2D eigenvalue weighted by Gasteiger charge is 2.24.